The minimum absolute atomic E-state index is 0.131. The maximum Gasteiger partial charge on any atom is 0.490 e. The lowest BCUT2D eigenvalue weighted by atomic mass is 9.93. The smallest absolute Gasteiger partial charge is 0.475 e. The van der Waals surface area contributed by atoms with Crippen LogP contribution < -0.4 is 4.90 Å². The van der Waals surface area contributed by atoms with Crippen LogP contribution in [0.3, 0.4) is 0 Å². The van der Waals surface area contributed by atoms with Gasteiger partial charge in [0.1, 0.15) is 0 Å². The molecule has 0 bridgehead atoms. The summed E-state index contributed by atoms with van der Waals surface area (Å²) in [5.74, 6) is -2.46. The molecule has 2 fully saturated rings. The molecule has 3 heterocycles. The fourth-order valence-electron chi connectivity index (χ4n) is 4.11. The minimum atomic E-state index is -5.08. The van der Waals surface area contributed by atoms with E-state index < -0.39 is 12.1 Å². The van der Waals surface area contributed by atoms with Crippen LogP contribution in [-0.2, 0) is 20.8 Å². The zero-order valence-electron chi connectivity index (χ0n) is 18.8. The van der Waals surface area contributed by atoms with E-state index in [4.69, 9.17) is 9.90 Å². The van der Waals surface area contributed by atoms with E-state index in [1.165, 1.54) is 5.56 Å². The lowest BCUT2D eigenvalue weighted by Gasteiger charge is -2.46. The molecule has 184 valence electrons. The lowest BCUT2D eigenvalue weighted by molar-refractivity contribution is -0.192. The number of piperazine rings is 1. The molecule has 11 heteroatoms. The van der Waals surface area contributed by atoms with Crippen molar-refractivity contribution in [3.05, 3.63) is 52.2 Å². The van der Waals surface area contributed by atoms with Crippen molar-refractivity contribution in [3.63, 3.8) is 0 Å². The van der Waals surface area contributed by atoms with E-state index in [1.807, 2.05) is 57.9 Å². The van der Waals surface area contributed by atoms with Crippen molar-refractivity contribution in [3.8, 4) is 0 Å². The number of carboxylic acids is 1. The monoisotopic (exact) mass is 497 g/mol. The zero-order chi connectivity index (χ0) is 25.1. The van der Waals surface area contributed by atoms with Crippen molar-refractivity contribution in [1.29, 1.82) is 0 Å². The third kappa shape index (κ3) is 5.95. The average molecular weight is 498 g/mol. The Kier molecular flexibility index (Phi) is 7.67. The number of aryl methyl sites for hydroxylation is 1. The van der Waals surface area contributed by atoms with Crippen LogP contribution in [0.25, 0.3) is 0 Å². The Morgan fingerprint density at radius 1 is 1.15 bits per heavy atom. The standard InChI is InChI=1S/C21H25N3O2S.C2HF3O2/c1-16-3-5-17(6-4-16)11-19(25)23-9-8-21(14-23)15-24(18-7-10-27-13-18)20(26)12-22(21)2;3-2(4,5)1(6)7/h3-7,10,13H,8-9,11-12,14-15H2,1-2H3;(H,6,7). The number of benzene rings is 1. The summed E-state index contributed by atoms with van der Waals surface area (Å²) in [7, 11) is 2.01. The molecule has 34 heavy (non-hydrogen) atoms. The molecule has 0 aliphatic carbocycles. The molecule has 0 radical (unpaired) electrons. The Morgan fingerprint density at radius 2 is 1.79 bits per heavy atom. The maximum atomic E-state index is 12.8. The number of likely N-dealkylation sites (tertiary alicyclic amines) is 1. The van der Waals surface area contributed by atoms with Gasteiger partial charge in [0.2, 0.25) is 11.8 Å². The van der Waals surface area contributed by atoms with Gasteiger partial charge in [-0.15, -0.1) is 0 Å². The molecule has 2 aliphatic heterocycles. The summed E-state index contributed by atoms with van der Waals surface area (Å²) in [5, 5.41) is 11.1. The van der Waals surface area contributed by atoms with E-state index in [0.717, 1.165) is 24.2 Å². The number of halogens is 3. The quantitative estimate of drug-likeness (QED) is 0.705. The van der Waals surface area contributed by atoms with Gasteiger partial charge in [-0.2, -0.15) is 24.5 Å². The van der Waals surface area contributed by atoms with Gasteiger partial charge in [-0.25, -0.2) is 4.79 Å². The molecule has 1 N–H and O–H groups in total. The highest BCUT2D eigenvalue weighted by Gasteiger charge is 2.48. The van der Waals surface area contributed by atoms with Crippen molar-refractivity contribution in [1.82, 2.24) is 9.80 Å². The van der Waals surface area contributed by atoms with Crippen LogP contribution in [-0.4, -0.2) is 77.6 Å². The molecule has 4 rings (SSSR count). The minimum Gasteiger partial charge on any atom is -0.475 e. The SMILES string of the molecule is Cc1ccc(CC(=O)N2CCC3(C2)CN(c2ccsc2)C(=O)CN3C)cc1.O=C(O)C(F)(F)F. The summed E-state index contributed by atoms with van der Waals surface area (Å²) in [6, 6.07) is 10.2. The van der Waals surface area contributed by atoms with Crippen LogP contribution in [0.15, 0.2) is 41.1 Å². The normalized spacial score (nSPS) is 20.9. The van der Waals surface area contributed by atoms with E-state index in [0.29, 0.717) is 26.1 Å². The molecule has 2 saturated heterocycles. The van der Waals surface area contributed by atoms with E-state index in [9.17, 15) is 22.8 Å². The molecular formula is C23H26F3N3O4S. The Bertz CT molecular complexity index is 1030. The topological polar surface area (TPSA) is 81.2 Å². The largest absolute Gasteiger partial charge is 0.490 e. The second-order valence-corrected chi connectivity index (χ2v) is 9.35. The first-order valence-corrected chi connectivity index (χ1v) is 11.5. The number of hydrogen-bond donors (Lipinski definition) is 1. The zero-order valence-corrected chi connectivity index (χ0v) is 19.7. The molecule has 1 spiro atoms. The highest BCUT2D eigenvalue weighted by Crippen LogP contribution is 2.34. The van der Waals surface area contributed by atoms with E-state index in [1.54, 1.807) is 11.3 Å². The summed E-state index contributed by atoms with van der Waals surface area (Å²) in [4.78, 5) is 40.3. The van der Waals surface area contributed by atoms with Crippen molar-refractivity contribution in [2.75, 3.05) is 38.1 Å². The van der Waals surface area contributed by atoms with Gasteiger partial charge in [0.05, 0.1) is 24.2 Å². The molecule has 1 aromatic heterocycles. The molecule has 2 aliphatic rings. The summed E-state index contributed by atoms with van der Waals surface area (Å²) in [6.07, 6.45) is -3.75. The number of anilines is 1. The Labute approximate surface area is 199 Å². The number of likely N-dealkylation sites (N-methyl/N-ethyl adjacent to an activating group) is 1. The van der Waals surface area contributed by atoms with Crippen LogP contribution in [0, 0.1) is 6.92 Å². The lowest BCUT2D eigenvalue weighted by Crippen LogP contribution is -2.64. The third-order valence-corrected chi connectivity index (χ3v) is 6.83. The number of nitrogens with zero attached hydrogens (tertiary/aromatic N) is 3. The van der Waals surface area contributed by atoms with Crippen molar-refractivity contribution in [2.45, 2.75) is 31.5 Å². The predicted octanol–water partition coefficient (Wildman–Crippen LogP) is 3.18. The molecule has 0 saturated carbocycles. The van der Waals surface area contributed by atoms with Gasteiger partial charge in [-0.05, 0) is 37.4 Å². The summed E-state index contributed by atoms with van der Waals surface area (Å²) >= 11 is 1.60. The fraction of sp³-hybridized carbons (Fsp3) is 0.435. The Hall–Kier alpha value is -2.92. The number of hydrogen-bond acceptors (Lipinski definition) is 5. The third-order valence-electron chi connectivity index (χ3n) is 6.16. The van der Waals surface area contributed by atoms with Crippen LogP contribution >= 0.6 is 11.3 Å². The van der Waals surface area contributed by atoms with Gasteiger partial charge in [0, 0.05) is 25.0 Å². The fourth-order valence-corrected chi connectivity index (χ4v) is 4.75. The predicted molar refractivity (Wildman–Crippen MR) is 122 cm³/mol. The number of rotatable bonds is 3. The number of carbonyl (C=O) groups is 3. The first kappa shape index (κ1) is 25.7. The second kappa shape index (κ2) is 10.1. The average Bonchev–Trinajstić information content (AvgIpc) is 3.43. The van der Waals surface area contributed by atoms with Crippen LogP contribution in [0.5, 0.6) is 0 Å². The second-order valence-electron chi connectivity index (χ2n) is 8.57. The first-order chi connectivity index (χ1) is 15.9. The highest BCUT2D eigenvalue weighted by molar-refractivity contribution is 7.08. The highest BCUT2D eigenvalue weighted by atomic mass is 32.1. The van der Waals surface area contributed by atoms with Gasteiger partial charge in [-0.1, -0.05) is 29.8 Å². The first-order valence-electron chi connectivity index (χ1n) is 10.6. The van der Waals surface area contributed by atoms with Gasteiger partial charge in [-0.3, -0.25) is 14.5 Å². The van der Waals surface area contributed by atoms with Crippen LogP contribution in [0.4, 0.5) is 18.9 Å². The number of carboxylic acid groups (broad SMARTS) is 1. The van der Waals surface area contributed by atoms with Gasteiger partial charge < -0.3 is 14.9 Å². The Morgan fingerprint density at radius 3 is 2.35 bits per heavy atom. The summed E-state index contributed by atoms with van der Waals surface area (Å²) in [5.41, 5.74) is 3.08. The van der Waals surface area contributed by atoms with Crippen molar-refractivity contribution < 1.29 is 32.7 Å². The van der Waals surface area contributed by atoms with Gasteiger partial charge in [0.15, 0.2) is 0 Å². The number of aliphatic carboxylic acids is 1. The molecule has 1 atom stereocenters. The van der Waals surface area contributed by atoms with Crippen LogP contribution in [0.2, 0.25) is 0 Å². The van der Waals surface area contributed by atoms with Crippen molar-refractivity contribution in [2.24, 2.45) is 0 Å². The Balaban J connectivity index is 0.000000406. The molecule has 1 unspecified atom stereocenters. The summed E-state index contributed by atoms with van der Waals surface area (Å²) in [6.45, 7) is 4.53. The van der Waals surface area contributed by atoms with E-state index in [-0.39, 0.29) is 17.4 Å². The van der Waals surface area contributed by atoms with E-state index >= 15 is 0 Å². The van der Waals surface area contributed by atoms with Gasteiger partial charge in [0.25, 0.3) is 0 Å². The molecule has 2 amide bonds. The van der Waals surface area contributed by atoms with Crippen molar-refractivity contribution >= 4 is 34.8 Å². The molecule has 7 nitrogen and oxygen atoms in total. The molecule has 2 aromatic rings. The van der Waals surface area contributed by atoms with E-state index in [2.05, 4.69) is 11.8 Å². The number of carbonyl (C=O) groups excluding carboxylic acids is 2. The number of amides is 2. The van der Waals surface area contributed by atoms with Crippen LogP contribution in [0.1, 0.15) is 17.5 Å². The number of thiophene rings is 1. The maximum absolute atomic E-state index is 12.8. The molecular weight excluding hydrogens is 471 g/mol. The number of alkyl halides is 3. The summed E-state index contributed by atoms with van der Waals surface area (Å²) < 4.78 is 31.7. The van der Waals surface area contributed by atoms with Gasteiger partial charge >= 0.3 is 12.1 Å². The molecule has 1 aromatic carbocycles.